The number of hydrogen-bond acceptors (Lipinski definition) is 5. The number of ether oxygens (including phenoxy) is 2. The van der Waals surface area contributed by atoms with Crippen molar-refractivity contribution in [1.29, 1.82) is 0 Å². The summed E-state index contributed by atoms with van der Waals surface area (Å²) in [7, 11) is 1.50. The van der Waals surface area contributed by atoms with Crippen molar-refractivity contribution in [1.82, 2.24) is 0 Å². The van der Waals surface area contributed by atoms with Crippen molar-refractivity contribution >= 4 is 16.8 Å². The number of rotatable bonds is 6. The molecule has 1 N–H and O–H groups in total. The molecule has 0 heterocycles. The zero-order chi connectivity index (χ0) is 16.8. The Balaban J connectivity index is 2.22. The minimum absolute atomic E-state index is 0.202. The monoisotopic (exact) mass is 338 g/mol. The molecule has 0 unspecified atom stereocenters. The van der Waals surface area contributed by atoms with Crippen molar-refractivity contribution in [3.05, 3.63) is 46.9 Å². The number of benzene rings is 1. The molecular weight excluding hydrogens is 316 g/mol. The third kappa shape index (κ3) is 4.07. The van der Waals surface area contributed by atoms with E-state index in [2.05, 4.69) is 0 Å². The predicted octanol–water partition coefficient (Wildman–Crippen LogP) is 1.95. The summed E-state index contributed by atoms with van der Waals surface area (Å²) in [5, 5.41) is 9.18. The van der Waals surface area contributed by atoms with E-state index in [0.717, 1.165) is 5.56 Å². The number of hydrogen-bond donors (Lipinski definition) is 1. The summed E-state index contributed by atoms with van der Waals surface area (Å²) in [5.41, 5.74) is 0.832. The van der Waals surface area contributed by atoms with Gasteiger partial charge in [-0.1, -0.05) is 30.3 Å². The molecule has 1 aromatic rings. The molecule has 0 aromatic heterocycles. The zero-order valence-corrected chi connectivity index (χ0v) is 14.1. The van der Waals surface area contributed by atoms with Gasteiger partial charge in [0.1, 0.15) is 0 Å². The van der Waals surface area contributed by atoms with Crippen LogP contribution >= 0.6 is 0 Å². The van der Waals surface area contributed by atoms with E-state index in [0.29, 0.717) is 17.7 Å². The number of carbonyl (C=O) groups is 1. The Morgan fingerprint density at radius 3 is 2.61 bits per heavy atom. The first-order chi connectivity index (χ1) is 11.1. The van der Waals surface area contributed by atoms with E-state index in [1.165, 1.54) is 14.2 Å². The molecule has 1 aliphatic carbocycles. The van der Waals surface area contributed by atoms with Gasteiger partial charge in [-0.15, -0.1) is 0 Å². The summed E-state index contributed by atoms with van der Waals surface area (Å²) in [6, 6.07) is 9.30. The van der Waals surface area contributed by atoms with Gasteiger partial charge in [-0.05, 0) is 24.5 Å². The SMILES string of the molecule is COC(=O)[C@H]1CCC([S@@](=O)[C@H](CO)c2ccccc2)=C[C@H]1OC. The third-order valence-corrected chi connectivity index (χ3v) is 5.87. The second-order valence-electron chi connectivity index (χ2n) is 5.38. The highest BCUT2D eigenvalue weighted by molar-refractivity contribution is 7.89. The topological polar surface area (TPSA) is 72.8 Å². The van der Waals surface area contributed by atoms with Crippen molar-refractivity contribution in [2.24, 2.45) is 5.92 Å². The molecule has 5 nitrogen and oxygen atoms in total. The van der Waals surface area contributed by atoms with E-state index >= 15 is 0 Å². The van der Waals surface area contributed by atoms with Crippen LogP contribution in [-0.4, -0.2) is 42.2 Å². The van der Waals surface area contributed by atoms with Gasteiger partial charge in [0.2, 0.25) is 0 Å². The van der Waals surface area contributed by atoms with Crippen LogP contribution in [0, 0.1) is 5.92 Å². The largest absolute Gasteiger partial charge is 0.469 e. The van der Waals surface area contributed by atoms with E-state index in [1.807, 2.05) is 30.3 Å². The first-order valence-corrected chi connectivity index (χ1v) is 8.71. The Hall–Kier alpha value is -1.50. The highest BCUT2D eigenvalue weighted by Crippen LogP contribution is 2.33. The van der Waals surface area contributed by atoms with Crippen molar-refractivity contribution in [2.45, 2.75) is 24.2 Å². The molecule has 0 saturated carbocycles. The van der Waals surface area contributed by atoms with Gasteiger partial charge in [-0.25, -0.2) is 0 Å². The predicted molar refractivity (Wildman–Crippen MR) is 88.0 cm³/mol. The summed E-state index contributed by atoms with van der Waals surface area (Å²) >= 11 is 0. The number of aliphatic hydroxyl groups is 1. The summed E-state index contributed by atoms with van der Waals surface area (Å²) in [4.78, 5) is 12.5. The maximum absolute atomic E-state index is 12.8. The molecule has 1 aromatic carbocycles. The molecule has 1 aliphatic rings. The van der Waals surface area contributed by atoms with Gasteiger partial charge in [0.05, 0.1) is 41.8 Å². The molecule has 0 spiro atoms. The van der Waals surface area contributed by atoms with Gasteiger partial charge in [0.25, 0.3) is 0 Å². The van der Waals surface area contributed by atoms with E-state index in [-0.39, 0.29) is 18.5 Å². The molecule has 126 valence electrons. The smallest absolute Gasteiger partial charge is 0.311 e. The lowest BCUT2D eigenvalue weighted by atomic mass is 9.91. The summed E-state index contributed by atoms with van der Waals surface area (Å²) in [6.45, 7) is -0.202. The summed E-state index contributed by atoms with van der Waals surface area (Å²) < 4.78 is 23.0. The minimum atomic E-state index is -1.37. The lowest BCUT2D eigenvalue weighted by Gasteiger charge is -2.28. The van der Waals surface area contributed by atoms with Crippen molar-refractivity contribution < 1.29 is 23.6 Å². The number of aliphatic hydroxyl groups excluding tert-OH is 1. The first-order valence-electron chi connectivity index (χ1n) is 7.50. The molecule has 0 fully saturated rings. The van der Waals surface area contributed by atoms with Crippen molar-refractivity contribution in [2.75, 3.05) is 20.8 Å². The van der Waals surface area contributed by atoms with Crippen LogP contribution in [0.15, 0.2) is 41.3 Å². The average molecular weight is 338 g/mol. The molecule has 2 rings (SSSR count). The highest BCUT2D eigenvalue weighted by atomic mass is 32.2. The zero-order valence-electron chi connectivity index (χ0n) is 13.3. The van der Waals surface area contributed by atoms with Crippen LogP contribution < -0.4 is 0 Å². The Bertz CT molecular complexity index is 584. The quantitative estimate of drug-likeness (QED) is 0.803. The second kappa shape index (κ2) is 8.38. The van der Waals surface area contributed by atoms with E-state index in [9.17, 15) is 14.1 Å². The van der Waals surface area contributed by atoms with Gasteiger partial charge in [-0.2, -0.15) is 0 Å². The molecule has 23 heavy (non-hydrogen) atoms. The Kier molecular flexibility index (Phi) is 6.50. The molecule has 0 saturated heterocycles. The van der Waals surface area contributed by atoms with Crippen LogP contribution in [0.2, 0.25) is 0 Å². The fourth-order valence-corrected chi connectivity index (χ4v) is 4.29. The summed E-state index contributed by atoms with van der Waals surface area (Å²) in [5.74, 6) is -0.699. The Morgan fingerprint density at radius 2 is 2.04 bits per heavy atom. The van der Waals surface area contributed by atoms with Gasteiger partial charge < -0.3 is 14.6 Å². The van der Waals surface area contributed by atoms with Crippen LogP contribution in [0.1, 0.15) is 23.7 Å². The number of methoxy groups -OCH3 is 2. The fraction of sp³-hybridized carbons (Fsp3) is 0.471. The number of carbonyl (C=O) groups excluding carboxylic acids is 1. The highest BCUT2D eigenvalue weighted by Gasteiger charge is 2.34. The molecule has 0 aliphatic heterocycles. The van der Waals surface area contributed by atoms with Gasteiger partial charge >= 0.3 is 5.97 Å². The molecule has 0 amide bonds. The van der Waals surface area contributed by atoms with E-state index in [4.69, 9.17) is 9.47 Å². The number of esters is 1. The standard InChI is InChI=1S/C17H22O5S/c1-21-15-10-13(8-9-14(15)17(19)22-2)23(20)16(11-18)12-6-4-3-5-7-12/h3-7,10,14-16,18H,8-9,11H2,1-2H3/t14-,15+,16+,23+/m0/s1. The van der Waals surface area contributed by atoms with Crippen molar-refractivity contribution in [3.63, 3.8) is 0 Å². The number of allylic oxidation sites excluding steroid dienone is 1. The Morgan fingerprint density at radius 1 is 1.35 bits per heavy atom. The van der Waals surface area contributed by atoms with Crippen LogP contribution in [0.3, 0.4) is 0 Å². The van der Waals surface area contributed by atoms with E-state index in [1.54, 1.807) is 6.08 Å². The molecule has 4 atom stereocenters. The van der Waals surface area contributed by atoms with E-state index < -0.39 is 22.2 Å². The fourth-order valence-electron chi connectivity index (χ4n) is 2.80. The van der Waals surface area contributed by atoms with Gasteiger partial charge in [0, 0.05) is 12.0 Å². The summed E-state index contributed by atoms with van der Waals surface area (Å²) in [6.07, 6.45) is 2.34. The third-order valence-electron chi connectivity index (χ3n) is 4.08. The minimum Gasteiger partial charge on any atom is -0.469 e. The lowest BCUT2D eigenvalue weighted by molar-refractivity contribution is -0.149. The van der Waals surface area contributed by atoms with Crippen LogP contribution in [0.25, 0.3) is 0 Å². The average Bonchev–Trinajstić information content (AvgIpc) is 2.61. The maximum Gasteiger partial charge on any atom is 0.311 e. The lowest BCUT2D eigenvalue weighted by Crippen LogP contribution is -2.33. The molecular formula is C17H22O5S. The van der Waals surface area contributed by atoms with Crippen LogP contribution in [0.5, 0.6) is 0 Å². The normalized spacial score (nSPS) is 23.7. The molecule has 0 bridgehead atoms. The second-order valence-corrected chi connectivity index (χ2v) is 7.07. The van der Waals surface area contributed by atoms with Gasteiger partial charge in [0.15, 0.2) is 0 Å². The van der Waals surface area contributed by atoms with Crippen molar-refractivity contribution in [3.8, 4) is 0 Å². The molecule has 0 radical (unpaired) electrons. The Labute approximate surface area is 138 Å². The molecule has 6 heteroatoms. The van der Waals surface area contributed by atoms with Gasteiger partial charge in [-0.3, -0.25) is 9.00 Å². The first kappa shape index (κ1) is 17.8. The van der Waals surface area contributed by atoms with Crippen LogP contribution in [0.4, 0.5) is 0 Å². The maximum atomic E-state index is 12.8. The van der Waals surface area contributed by atoms with Crippen LogP contribution in [-0.2, 0) is 25.1 Å².